The highest BCUT2D eigenvalue weighted by atomic mass is 16.5. The molecule has 0 spiro atoms. The number of nitrogens with one attached hydrogen (secondary N) is 2. The Bertz CT molecular complexity index is 184. The molecule has 0 bridgehead atoms. The van der Waals surface area contributed by atoms with Gasteiger partial charge < -0.3 is 10.5 Å². The van der Waals surface area contributed by atoms with Gasteiger partial charge >= 0.3 is 0 Å². The van der Waals surface area contributed by atoms with Crippen molar-refractivity contribution in [2.75, 3.05) is 33.2 Å². The van der Waals surface area contributed by atoms with Gasteiger partial charge in [-0.3, -0.25) is 4.90 Å². The van der Waals surface area contributed by atoms with Gasteiger partial charge in [0, 0.05) is 19.6 Å². The molecule has 0 aliphatic rings. The van der Waals surface area contributed by atoms with Crippen LogP contribution in [0.2, 0.25) is 0 Å². The molecule has 17 heavy (non-hydrogen) atoms. The summed E-state index contributed by atoms with van der Waals surface area (Å²) in [5.41, 5.74) is 2.15. The third-order valence-corrected chi connectivity index (χ3v) is 2.24. The van der Waals surface area contributed by atoms with Crippen LogP contribution in [-0.4, -0.2) is 49.4 Å². The Labute approximate surface area is 106 Å². The summed E-state index contributed by atoms with van der Waals surface area (Å²) in [6.07, 6.45) is 5.59. The van der Waals surface area contributed by atoms with E-state index < -0.39 is 0 Å². The van der Waals surface area contributed by atoms with Gasteiger partial charge in [0.25, 0.3) is 0 Å². The number of likely N-dealkylation sites (N-methyl/N-ethyl adjacent to an activating group) is 2. The molecule has 0 rings (SSSR count). The summed E-state index contributed by atoms with van der Waals surface area (Å²) in [4.78, 5) is 2.31. The van der Waals surface area contributed by atoms with E-state index in [1.165, 1.54) is 0 Å². The SMILES string of the molecule is C=CC(/C=C\CN(CC)CCNC)NO.CC. The lowest BCUT2D eigenvalue weighted by atomic mass is 10.3. The Hall–Kier alpha value is -0.680. The monoisotopic (exact) mass is 243 g/mol. The largest absolute Gasteiger partial charge is 0.318 e. The van der Waals surface area contributed by atoms with Crippen LogP contribution in [0.1, 0.15) is 20.8 Å². The van der Waals surface area contributed by atoms with Crippen LogP contribution in [0.4, 0.5) is 0 Å². The van der Waals surface area contributed by atoms with Crippen molar-refractivity contribution in [2.45, 2.75) is 26.8 Å². The first-order valence-corrected chi connectivity index (χ1v) is 6.34. The Morgan fingerprint density at radius 2 is 2.06 bits per heavy atom. The molecule has 3 N–H and O–H groups in total. The summed E-state index contributed by atoms with van der Waals surface area (Å²) in [6.45, 7) is 13.7. The van der Waals surface area contributed by atoms with Gasteiger partial charge in [0.1, 0.15) is 0 Å². The number of hydrogen-bond acceptors (Lipinski definition) is 4. The van der Waals surface area contributed by atoms with E-state index in [1.54, 1.807) is 6.08 Å². The Kier molecular flexibility index (Phi) is 16.8. The standard InChI is InChI=1S/C11H23N3O.C2H6/c1-4-11(13-15)7-6-9-14(5-2)10-8-12-3;1-2/h4,6-7,11-13,15H,1,5,8-10H2,2-3H3;1-2H3/b7-6-;. The van der Waals surface area contributed by atoms with Gasteiger partial charge in [-0.1, -0.05) is 39.0 Å². The molecule has 0 amide bonds. The summed E-state index contributed by atoms with van der Waals surface area (Å²) in [5, 5.41) is 11.8. The molecule has 0 fully saturated rings. The molecule has 0 aromatic carbocycles. The van der Waals surface area contributed by atoms with Gasteiger partial charge in [-0.25, -0.2) is 0 Å². The van der Waals surface area contributed by atoms with Crippen LogP contribution >= 0.6 is 0 Å². The fourth-order valence-corrected chi connectivity index (χ4v) is 1.18. The van der Waals surface area contributed by atoms with Crippen LogP contribution in [-0.2, 0) is 0 Å². The predicted octanol–water partition coefficient (Wildman–Crippen LogP) is 1.64. The van der Waals surface area contributed by atoms with Crippen molar-refractivity contribution >= 4 is 0 Å². The highest BCUT2D eigenvalue weighted by molar-refractivity contribution is 5.02. The molecule has 0 aromatic heterocycles. The smallest absolute Gasteiger partial charge is 0.0678 e. The van der Waals surface area contributed by atoms with Crippen molar-refractivity contribution in [2.24, 2.45) is 0 Å². The highest BCUT2D eigenvalue weighted by Crippen LogP contribution is 1.91. The van der Waals surface area contributed by atoms with Gasteiger partial charge in [-0.15, -0.1) is 6.58 Å². The van der Waals surface area contributed by atoms with E-state index in [2.05, 4.69) is 29.2 Å². The molecular formula is C13H29N3O. The fourth-order valence-electron chi connectivity index (χ4n) is 1.18. The first kappa shape index (κ1) is 18.7. The lowest BCUT2D eigenvalue weighted by molar-refractivity contribution is 0.158. The van der Waals surface area contributed by atoms with Crippen molar-refractivity contribution in [1.82, 2.24) is 15.7 Å². The van der Waals surface area contributed by atoms with Crippen molar-refractivity contribution in [3.05, 3.63) is 24.8 Å². The quantitative estimate of drug-likeness (QED) is 0.426. The number of hydrogen-bond donors (Lipinski definition) is 3. The minimum atomic E-state index is -0.159. The number of hydroxylamine groups is 1. The second-order valence-corrected chi connectivity index (χ2v) is 3.32. The second-order valence-electron chi connectivity index (χ2n) is 3.32. The zero-order valence-electron chi connectivity index (χ0n) is 11.7. The minimum Gasteiger partial charge on any atom is -0.318 e. The van der Waals surface area contributed by atoms with Gasteiger partial charge in [0.2, 0.25) is 0 Å². The average Bonchev–Trinajstić information content (AvgIpc) is 2.40. The van der Waals surface area contributed by atoms with E-state index in [0.29, 0.717) is 0 Å². The summed E-state index contributed by atoms with van der Waals surface area (Å²) in [7, 11) is 1.95. The lowest BCUT2D eigenvalue weighted by Crippen LogP contribution is -2.31. The summed E-state index contributed by atoms with van der Waals surface area (Å²) >= 11 is 0. The third kappa shape index (κ3) is 11.6. The normalized spacial score (nSPS) is 12.4. The molecule has 0 saturated carbocycles. The molecule has 0 saturated heterocycles. The van der Waals surface area contributed by atoms with E-state index >= 15 is 0 Å². The van der Waals surface area contributed by atoms with Crippen LogP contribution in [0.5, 0.6) is 0 Å². The van der Waals surface area contributed by atoms with Gasteiger partial charge in [0.05, 0.1) is 6.04 Å². The molecule has 0 aromatic rings. The van der Waals surface area contributed by atoms with E-state index in [9.17, 15) is 0 Å². The van der Waals surface area contributed by atoms with Crippen molar-refractivity contribution in [3.63, 3.8) is 0 Å². The maximum Gasteiger partial charge on any atom is 0.0678 e. The molecule has 0 radical (unpaired) electrons. The van der Waals surface area contributed by atoms with Crippen molar-refractivity contribution in [1.29, 1.82) is 0 Å². The minimum absolute atomic E-state index is 0.159. The summed E-state index contributed by atoms with van der Waals surface area (Å²) in [6, 6.07) is -0.159. The molecule has 102 valence electrons. The van der Waals surface area contributed by atoms with Crippen LogP contribution in [0.25, 0.3) is 0 Å². The van der Waals surface area contributed by atoms with Crippen LogP contribution < -0.4 is 10.8 Å². The number of rotatable bonds is 9. The maximum absolute atomic E-state index is 8.69. The first-order chi connectivity index (χ1) is 8.28. The second kappa shape index (κ2) is 15.3. The van der Waals surface area contributed by atoms with Crippen LogP contribution in [0, 0.1) is 0 Å². The van der Waals surface area contributed by atoms with E-state index in [0.717, 1.165) is 26.2 Å². The zero-order chi connectivity index (χ0) is 13.5. The molecule has 1 unspecified atom stereocenters. The highest BCUT2D eigenvalue weighted by Gasteiger charge is 1.99. The Balaban J connectivity index is 0. The lowest BCUT2D eigenvalue weighted by Gasteiger charge is -2.18. The van der Waals surface area contributed by atoms with E-state index in [1.807, 2.05) is 33.0 Å². The van der Waals surface area contributed by atoms with Crippen molar-refractivity contribution in [3.8, 4) is 0 Å². The summed E-state index contributed by atoms with van der Waals surface area (Å²) < 4.78 is 0. The zero-order valence-corrected chi connectivity index (χ0v) is 11.7. The van der Waals surface area contributed by atoms with Crippen LogP contribution in [0.15, 0.2) is 24.8 Å². The third-order valence-electron chi connectivity index (χ3n) is 2.24. The topological polar surface area (TPSA) is 47.5 Å². The fraction of sp³-hybridized carbons (Fsp3) is 0.692. The molecular weight excluding hydrogens is 214 g/mol. The van der Waals surface area contributed by atoms with Gasteiger partial charge in [-0.05, 0) is 13.6 Å². The Morgan fingerprint density at radius 1 is 1.41 bits per heavy atom. The molecule has 0 aliphatic carbocycles. The summed E-state index contributed by atoms with van der Waals surface area (Å²) in [5.74, 6) is 0. The molecule has 0 aliphatic heterocycles. The number of nitrogens with zero attached hydrogens (tertiary/aromatic N) is 1. The Morgan fingerprint density at radius 3 is 2.47 bits per heavy atom. The first-order valence-electron chi connectivity index (χ1n) is 6.34. The van der Waals surface area contributed by atoms with Crippen molar-refractivity contribution < 1.29 is 5.21 Å². The average molecular weight is 243 g/mol. The van der Waals surface area contributed by atoms with Crippen LogP contribution in [0.3, 0.4) is 0 Å². The van der Waals surface area contributed by atoms with Gasteiger partial charge in [0.15, 0.2) is 0 Å². The van der Waals surface area contributed by atoms with Gasteiger partial charge in [-0.2, -0.15) is 5.48 Å². The van der Waals surface area contributed by atoms with E-state index in [-0.39, 0.29) is 6.04 Å². The molecule has 4 nitrogen and oxygen atoms in total. The molecule has 4 heteroatoms. The molecule has 1 atom stereocenters. The van der Waals surface area contributed by atoms with E-state index in [4.69, 9.17) is 5.21 Å². The molecule has 0 heterocycles. The maximum atomic E-state index is 8.69. The predicted molar refractivity (Wildman–Crippen MR) is 75.4 cm³/mol.